The van der Waals surface area contributed by atoms with E-state index in [9.17, 15) is 0 Å². The van der Waals surface area contributed by atoms with Crippen molar-refractivity contribution in [1.29, 1.82) is 0 Å². The van der Waals surface area contributed by atoms with Crippen LogP contribution in [0, 0.1) is 0 Å². The minimum Gasteiger partial charge on any atom is -0.456 e. The molecule has 1 aliphatic carbocycles. The first kappa shape index (κ1) is 19.6. The maximum atomic E-state index is 6.94. The molecule has 0 atom stereocenters. The summed E-state index contributed by atoms with van der Waals surface area (Å²) in [6.45, 7) is 0. The molecule has 4 heterocycles. The van der Waals surface area contributed by atoms with Crippen molar-refractivity contribution in [3.63, 3.8) is 0 Å². The summed E-state index contributed by atoms with van der Waals surface area (Å²) in [7, 11) is 0. The number of hydrogen-bond donors (Lipinski definition) is 0. The molecule has 176 valence electrons. The number of fused-ring (bicyclic) bond motifs is 4. The Balaban J connectivity index is 1.49. The normalized spacial score (nSPS) is 12.9. The average Bonchev–Trinajstić information content (AvgIpc) is 3.57. The maximum Gasteiger partial charge on any atom is 0.176 e. The second kappa shape index (κ2) is 6.51. The largest absolute Gasteiger partial charge is 0.456 e. The number of nitrogens with zero attached hydrogens (tertiary/aromatic N) is 3. The van der Waals surface area contributed by atoms with Crippen LogP contribution in [0.25, 0.3) is 91.9 Å². The van der Waals surface area contributed by atoms with E-state index in [0.29, 0.717) is 11.0 Å². The number of furan rings is 1. The Bertz CT molecular complexity index is 2540. The topological polar surface area (TPSA) is 43.9 Å². The summed E-state index contributed by atoms with van der Waals surface area (Å²) < 4.78 is 9.73. The van der Waals surface area contributed by atoms with Gasteiger partial charge in [0.1, 0.15) is 21.5 Å². The molecule has 9 aromatic rings. The Morgan fingerprint density at radius 2 is 1.42 bits per heavy atom. The molecule has 0 N–H and O–H groups in total. The molecule has 0 amide bonds. The highest BCUT2D eigenvalue weighted by molar-refractivity contribution is 7.25. The fourth-order valence-electron chi connectivity index (χ4n) is 6.59. The molecule has 5 aromatic carbocycles. The predicted octanol–water partition coefficient (Wildman–Crippen LogP) is 9.63. The lowest BCUT2D eigenvalue weighted by atomic mass is 9.95. The molecular weight excluding hydrogens is 510 g/mol. The maximum absolute atomic E-state index is 6.94. The van der Waals surface area contributed by atoms with Crippen molar-refractivity contribution in [2.75, 3.05) is 0 Å². The van der Waals surface area contributed by atoms with E-state index >= 15 is 0 Å². The summed E-state index contributed by atoms with van der Waals surface area (Å²) in [5.74, 6) is 0.646. The van der Waals surface area contributed by atoms with Crippen LogP contribution in [0.2, 0.25) is 5.15 Å². The summed E-state index contributed by atoms with van der Waals surface area (Å²) in [6, 6.07) is 29.8. The molecule has 4 aromatic heterocycles. The molecule has 0 radical (unpaired) electrons. The van der Waals surface area contributed by atoms with Gasteiger partial charge >= 0.3 is 0 Å². The highest BCUT2D eigenvalue weighted by Crippen LogP contribution is 2.51. The second-order valence-corrected chi connectivity index (χ2v) is 11.3. The zero-order chi connectivity index (χ0) is 24.7. The molecular formula is C32H14ClN3OS. The van der Waals surface area contributed by atoms with Crippen LogP contribution in [-0.2, 0) is 0 Å². The lowest BCUT2D eigenvalue weighted by Gasteiger charge is -2.11. The monoisotopic (exact) mass is 523 g/mol. The molecule has 0 aliphatic heterocycles. The Labute approximate surface area is 223 Å². The lowest BCUT2D eigenvalue weighted by molar-refractivity contribution is 0.669. The van der Waals surface area contributed by atoms with Crippen molar-refractivity contribution in [1.82, 2.24) is 14.5 Å². The number of aromatic nitrogens is 3. The van der Waals surface area contributed by atoms with Gasteiger partial charge in [-0.25, -0.2) is 9.97 Å². The van der Waals surface area contributed by atoms with Crippen LogP contribution < -0.4 is 0 Å². The van der Waals surface area contributed by atoms with E-state index in [1.54, 1.807) is 11.3 Å². The third kappa shape index (κ3) is 2.17. The first-order chi connectivity index (χ1) is 18.8. The molecule has 38 heavy (non-hydrogen) atoms. The van der Waals surface area contributed by atoms with Crippen molar-refractivity contribution >= 4 is 97.9 Å². The molecule has 0 bridgehead atoms. The second-order valence-electron chi connectivity index (χ2n) is 9.90. The molecule has 0 saturated carbocycles. The molecule has 6 heteroatoms. The molecule has 0 spiro atoms. The van der Waals surface area contributed by atoms with Crippen LogP contribution in [0.4, 0.5) is 0 Å². The smallest absolute Gasteiger partial charge is 0.176 e. The molecule has 4 nitrogen and oxygen atoms in total. The third-order valence-corrected chi connectivity index (χ3v) is 9.36. The molecule has 0 fully saturated rings. The highest BCUT2D eigenvalue weighted by Gasteiger charge is 2.27. The summed E-state index contributed by atoms with van der Waals surface area (Å²) in [5.41, 5.74) is 7.20. The third-order valence-electron chi connectivity index (χ3n) is 8.05. The zero-order valence-electron chi connectivity index (χ0n) is 19.6. The number of hydrogen-bond acceptors (Lipinski definition) is 4. The van der Waals surface area contributed by atoms with Gasteiger partial charge in [-0.2, -0.15) is 0 Å². The van der Waals surface area contributed by atoms with Crippen molar-refractivity contribution in [3.8, 4) is 16.9 Å². The number of rotatable bonds is 1. The molecule has 1 aliphatic rings. The summed E-state index contributed by atoms with van der Waals surface area (Å²) in [5, 5.41) is 8.63. The average molecular weight is 524 g/mol. The molecule has 10 rings (SSSR count). The van der Waals surface area contributed by atoms with Gasteiger partial charge in [0.05, 0.1) is 11.0 Å². The summed E-state index contributed by atoms with van der Waals surface area (Å²) in [4.78, 5) is 10.9. The SMILES string of the molecule is Clc1nc2sc3ccccc3c2nc1-n1c2ccc3cccc4c3c2c2c3c(ccc21)oc1cccc-4c13. The van der Waals surface area contributed by atoms with Crippen molar-refractivity contribution in [3.05, 3.63) is 90.1 Å². The van der Waals surface area contributed by atoms with Crippen molar-refractivity contribution < 1.29 is 4.42 Å². The Morgan fingerprint density at radius 1 is 0.658 bits per heavy atom. The van der Waals surface area contributed by atoms with E-state index in [2.05, 4.69) is 77.4 Å². The van der Waals surface area contributed by atoms with Crippen LogP contribution in [0.15, 0.2) is 89.3 Å². The zero-order valence-corrected chi connectivity index (χ0v) is 21.2. The van der Waals surface area contributed by atoms with Gasteiger partial charge in [-0.3, -0.25) is 4.57 Å². The number of thiophene rings is 1. The van der Waals surface area contributed by atoms with Gasteiger partial charge < -0.3 is 4.42 Å². The standard InChI is InChI=1S/C32H14ClN3OS/c33-30-31(34-29-18-6-1-2-10-23(18)38-32(29)35-30)36-19-12-11-15-5-3-7-16-17-8-4-9-21-25(17)28-22(37-21)14-13-20(36)27(28)26(19)24(15)16/h1-14H. The first-order valence-electron chi connectivity index (χ1n) is 12.5. The van der Waals surface area contributed by atoms with Gasteiger partial charge in [0, 0.05) is 31.6 Å². The van der Waals surface area contributed by atoms with Gasteiger partial charge in [0.2, 0.25) is 0 Å². The van der Waals surface area contributed by atoms with Gasteiger partial charge in [0.15, 0.2) is 11.0 Å². The van der Waals surface area contributed by atoms with Gasteiger partial charge in [-0.1, -0.05) is 66.2 Å². The number of halogens is 1. The van der Waals surface area contributed by atoms with E-state index in [1.165, 1.54) is 32.7 Å². The van der Waals surface area contributed by atoms with Gasteiger partial charge in [0.25, 0.3) is 0 Å². The molecule has 0 saturated heterocycles. The summed E-state index contributed by atoms with van der Waals surface area (Å²) >= 11 is 8.56. The Kier molecular flexibility index (Phi) is 3.36. The first-order valence-corrected chi connectivity index (χ1v) is 13.7. The van der Waals surface area contributed by atoms with E-state index in [4.69, 9.17) is 26.0 Å². The van der Waals surface area contributed by atoms with E-state index in [1.807, 2.05) is 12.1 Å². The fourth-order valence-corrected chi connectivity index (χ4v) is 7.87. The Hall–Kier alpha value is -4.45. The van der Waals surface area contributed by atoms with E-state index < -0.39 is 0 Å². The Morgan fingerprint density at radius 3 is 2.34 bits per heavy atom. The van der Waals surface area contributed by atoms with E-state index in [-0.39, 0.29) is 0 Å². The number of benzene rings is 5. The highest BCUT2D eigenvalue weighted by atomic mass is 35.5. The lowest BCUT2D eigenvalue weighted by Crippen LogP contribution is -2.00. The predicted molar refractivity (Wildman–Crippen MR) is 158 cm³/mol. The quantitative estimate of drug-likeness (QED) is 0.215. The van der Waals surface area contributed by atoms with Crippen molar-refractivity contribution in [2.24, 2.45) is 0 Å². The fraction of sp³-hybridized carbons (Fsp3) is 0. The summed E-state index contributed by atoms with van der Waals surface area (Å²) in [6.07, 6.45) is 0. The minimum absolute atomic E-state index is 0.395. The van der Waals surface area contributed by atoms with Crippen LogP contribution in [-0.4, -0.2) is 14.5 Å². The van der Waals surface area contributed by atoms with Crippen LogP contribution in [0.1, 0.15) is 0 Å². The molecule has 0 unspecified atom stereocenters. The van der Waals surface area contributed by atoms with Crippen LogP contribution in [0.3, 0.4) is 0 Å². The van der Waals surface area contributed by atoms with Gasteiger partial charge in [-0.15, -0.1) is 11.3 Å². The van der Waals surface area contributed by atoms with Crippen LogP contribution in [0.5, 0.6) is 0 Å². The van der Waals surface area contributed by atoms with E-state index in [0.717, 1.165) is 53.4 Å². The van der Waals surface area contributed by atoms with Gasteiger partial charge in [-0.05, 0) is 52.2 Å². The van der Waals surface area contributed by atoms with Crippen LogP contribution >= 0.6 is 22.9 Å². The minimum atomic E-state index is 0.395. The van der Waals surface area contributed by atoms with Crippen molar-refractivity contribution in [2.45, 2.75) is 0 Å².